The minimum atomic E-state index is -1.06. The molecule has 4 aliphatic heterocycles. The molecule has 0 aromatic heterocycles. The van der Waals surface area contributed by atoms with Gasteiger partial charge < -0.3 is 4.90 Å². The van der Waals surface area contributed by atoms with E-state index in [1.165, 1.54) is 6.07 Å². The number of likely N-dealkylation sites (tertiary alicyclic amines) is 1. The van der Waals surface area contributed by atoms with Crippen molar-refractivity contribution in [3.8, 4) is 0 Å². The van der Waals surface area contributed by atoms with Gasteiger partial charge in [0.2, 0.25) is 11.8 Å². The van der Waals surface area contributed by atoms with Crippen LogP contribution in [0.25, 0.3) is 0 Å². The first kappa shape index (κ1) is 20.1. The van der Waals surface area contributed by atoms with E-state index in [1.807, 2.05) is 4.90 Å². The Bertz CT molecular complexity index is 1030. The van der Waals surface area contributed by atoms with Gasteiger partial charge in [-0.2, -0.15) is 0 Å². The number of imide groups is 2. The summed E-state index contributed by atoms with van der Waals surface area (Å²) < 4.78 is 15.1. The molecule has 3 fully saturated rings. The first-order chi connectivity index (χ1) is 14.6. The predicted octanol–water partition coefficient (Wildman–Crippen LogP) is 1.29. The molecule has 31 heavy (non-hydrogen) atoms. The lowest BCUT2D eigenvalue weighted by molar-refractivity contribution is -0.136. The third kappa shape index (κ3) is 2.97. The fraction of sp³-hybridized carbons (Fsp3) is 0.545. The summed E-state index contributed by atoms with van der Waals surface area (Å²) in [6.07, 6.45) is 1.05. The van der Waals surface area contributed by atoms with Crippen molar-refractivity contribution < 1.29 is 23.6 Å². The van der Waals surface area contributed by atoms with E-state index in [0.717, 1.165) is 23.9 Å². The Morgan fingerprint density at radius 3 is 2.26 bits per heavy atom. The number of piperidine rings is 1. The van der Waals surface area contributed by atoms with Gasteiger partial charge in [0.1, 0.15) is 11.9 Å². The number of fused-ring (bicyclic) bond motifs is 3. The van der Waals surface area contributed by atoms with Crippen molar-refractivity contribution in [3.05, 3.63) is 29.1 Å². The fourth-order valence-electron chi connectivity index (χ4n) is 5.48. The standard InChI is InChI=1S/C22H25FN4O4/c1-22(2,3)26-10-11-6-12(26)9-25(11)17-8-14-13(7-15(17)23)20(30)27(21(14)31)16-4-5-18(28)24-19(16)29/h7-8,11-12,16H,4-6,9-10H2,1-3H3,(H,24,28,29)/t11-,12-,16+/m1/s1. The van der Waals surface area contributed by atoms with Gasteiger partial charge in [0, 0.05) is 37.1 Å². The lowest BCUT2D eigenvalue weighted by Crippen LogP contribution is -2.54. The van der Waals surface area contributed by atoms with Crippen LogP contribution >= 0.6 is 0 Å². The lowest BCUT2D eigenvalue weighted by Gasteiger charge is -2.42. The monoisotopic (exact) mass is 428 g/mol. The van der Waals surface area contributed by atoms with Gasteiger partial charge in [-0.3, -0.25) is 34.3 Å². The molecule has 3 atom stereocenters. The van der Waals surface area contributed by atoms with Crippen LogP contribution < -0.4 is 10.2 Å². The topological polar surface area (TPSA) is 90.0 Å². The van der Waals surface area contributed by atoms with Crippen LogP contribution in [0.2, 0.25) is 0 Å². The minimum Gasteiger partial charge on any atom is -0.363 e. The highest BCUT2D eigenvalue weighted by molar-refractivity contribution is 6.23. The van der Waals surface area contributed by atoms with Crippen molar-refractivity contribution in [2.45, 2.75) is 63.7 Å². The van der Waals surface area contributed by atoms with Gasteiger partial charge >= 0.3 is 0 Å². The molecule has 8 nitrogen and oxygen atoms in total. The summed E-state index contributed by atoms with van der Waals surface area (Å²) in [4.78, 5) is 54.8. The van der Waals surface area contributed by atoms with Crippen LogP contribution in [0, 0.1) is 5.82 Å². The zero-order valence-corrected chi connectivity index (χ0v) is 17.8. The average molecular weight is 428 g/mol. The molecular formula is C22H25FN4O4. The number of nitrogens with one attached hydrogen (secondary N) is 1. The highest BCUT2D eigenvalue weighted by atomic mass is 19.1. The van der Waals surface area contributed by atoms with Gasteiger partial charge in [-0.15, -0.1) is 0 Å². The number of hydrogen-bond donors (Lipinski definition) is 1. The normalized spacial score (nSPS) is 28.6. The van der Waals surface area contributed by atoms with E-state index >= 15 is 4.39 Å². The largest absolute Gasteiger partial charge is 0.363 e. The highest BCUT2D eigenvalue weighted by Gasteiger charge is 2.49. The van der Waals surface area contributed by atoms with Crippen LogP contribution in [-0.2, 0) is 9.59 Å². The molecule has 4 heterocycles. The summed E-state index contributed by atoms with van der Waals surface area (Å²) in [5, 5.41) is 2.17. The second kappa shape index (κ2) is 6.59. The summed E-state index contributed by atoms with van der Waals surface area (Å²) >= 11 is 0. The summed E-state index contributed by atoms with van der Waals surface area (Å²) in [5.74, 6) is -2.96. The molecule has 0 spiro atoms. The van der Waals surface area contributed by atoms with Crippen molar-refractivity contribution in [2.75, 3.05) is 18.0 Å². The summed E-state index contributed by atoms with van der Waals surface area (Å²) in [6.45, 7) is 7.99. The third-order valence-electron chi connectivity index (χ3n) is 6.92. The molecular weight excluding hydrogens is 403 g/mol. The third-order valence-corrected chi connectivity index (χ3v) is 6.92. The summed E-state index contributed by atoms with van der Waals surface area (Å²) in [5.41, 5.74) is 0.441. The van der Waals surface area contributed by atoms with Gasteiger partial charge in [0.15, 0.2) is 0 Å². The first-order valence-corrected chi connectivity index (χ1v) is 10.6. The van der Waals surface area contributed by atoms with Crippen molar-refractivity contribution in [3.63, 3.8) is 0 Å². The van der Waals surface area contributed by atoms with Crippen LogP contribution in [-0.4, -0.2) is 70.2 Å². The smallest absolute Gasteiger partial charge is 0.262 e. The zero-order chi connectivity index (χ0) is 22.2. The second-order valence-electron chi connectivity index (χ2n) is 9.82. The Balaban J connectivity index is 1.43. The Morgan fingerprint density at radius 2 is 1.68 bits per heavy atom. The number of hydrogen-bond acceptors (Lipinski definition) is 6. The van der Waals surface area contributed by atoms with Crippen LogP contribution in [0.3, 0.4) is 0 Å². The number of piperazine rings is 1. The molecule has 1 aromatic carbocycles. The Kier molecular flexibility index (Phi) is 4.28. The molecule has 4 aliphatic rings. The molecule has 1 N–H and O–H groups in total. The number of carbonyl (C=O) groups excluding carboxylic acids is 4. The number of benzene rings is 1. The van der Waals surface area contributed by atoms with Crippen molar-refractivity contribution in [1.82, 2.24) is 15.1 Å². The average Bonchev–Trinajstić information content (AvgIpc) is 3.35. The lowest BCUT2D eigenvalue weighted by atomic mass is 10.0. The fourth-order valence-corrected chi connectivity index (χ4v) is 5.48. The van der Waals surface area contributed by atoms with E-state index in [0.29, 0.717) is 18.3 Å². The number of rotatable bonds is 2. The van der Waals surface area contributed by atoms with E-state index in [2.05, 4.69) is 31.0 Å². The quantitative estimate of drug-likeness (QED) is 0.714. The first-order valence-electron chi connectivity index (χ1n) is 10.6. The summed E-state index contributed by atoms with van der Waals surface area (Å²) in [7, 11) is 0. The molecule has 5 rings (SSSR count). The van der Waals surface area contributed by atoms with E-state index < -0.39 is 35.5 Å². The van der Waals surface area contributed by atoms with E-state index in [1.54, 1.807) is 0 Å². The van der Waals surface area contributed by atoms with Gasteiger partial charge in [-0.1, -0.05) is 0 Å². The van der Waals surface area contributed by atoms with Crippen LogP contribution in [0.1, 0.15) is 60.7 Å². The van der Waals surface area contributed by atoms with E-state index in [4.69, 9.17) is 0 Å². The number of carbonyl (C=O) groups is 4. The highest BCUT2D eigenvalue weighted by Crippen LogP contribution is 2.41. The molecule has 0 radical (unpaired) electrons. The van der Waals surface area contributed by atoms with Crippen molar-refractivity contribution in [1.29, 1.82) is 0 Å². The molecule has 164 valence electrons. The number of amides is 4. The molecule has 1 aromatic rings. The Hall–Kier alpha value is -2.81. The molecule has 2 bridgehead atoms. The number of halogens is 1. The predicted molar refractivity (Wildman–Crippen MR) is 109 cm³/mol. The number of nitrogens with zero attached hydrogens (tertiary/aromatic N) is 3. The zero-order valence-electron chi connectivity index (χ0n) is 17.8. The van der Waals surface area contributed by atoms with Crippen molar-refractivity contribution >= 4 is 29.3 Å². The van der Waals surface area contributed by atoms with Gasteiger partial charge in [-0.05, 0) is 45.7 Å². The molecule has 9 heteroatoms. The Labute approximate surface area is 179 Å². The maximum Gasteiger partial charge on any atom is 0.262 e. The van der Waals surface area contributed by atoms with Gasteiger partial charge in [0.25, 0.3) is 11.8 Å². The molecule has 0 aliphatic carbocycles. The molecule has 3 saturated heterocycles. The van der Waals surface area contributed by atoms with Gasteiger partial charge in [-0.25, -0.2) is 4.39 Å². The maximum absolute atomic E-state index is 15.1. The Morgan fingerprint density at radius 1 is 1.00 bits per heavy atom. The van der Waals surface area contributed by atoms with E-state index in [-0.39, 0.29) is 35.5 Å². The van der Waals surface area contributed by atoms with Crippen LogP contribution in [0.5, 0.6) is 0 Å². The van der Waals surface area contributed by atoms with E-state index in [9.17, 15) is 19.2 Å². The molecule has 0 saturated carbocycles. The SMILES string of the molecule is CC(C)(C)N1C[C@H]2C[C@@H]1CN2c1cc2c(cc1F)C(=O)N([C@H]1CCC(=O)NC1=O)C2=O. The molecule has 0 unspecified atom stereocenters. The van der Waals surface area contributed by atoms with Crippen LogP contribution in [0.15, 0.2) is 12.1 Å². The van der Waals surface area contributed by atoms with Gasteiger partial charge in [0.05, 0.1) is 16.8 Å². The van der Waals surface area contributed by atoms with Crippen molar-refractivity contribution in [2.24, 2.45) is 0 Å². The van der Waals surface area contributed by atoms with Crippen LogP contribution in [0.4, 0.5) is 10.1 Å². The maximum atomic E-state index is 15.1. The summed E-state index contributed by atoms with van der Waals surface area (Å²) in [6, 6.07) is 1.98. The minimum absolute atomic E-state index is 0.0309. The second-order valence-corrected chi connectivity index (χ2v) is 9.82. The number of anilines is 1. The molecule has 4 amide bonds.